The van der Waals surface area contributed by atoms with Crippen LogP contribution in [0.3, 0.4) is 0 Å². The predicted molar refractivity (Wildman–Crippen MR) is 88.8 cm³/mol. The van der Waals surface area contributed by atoms with Crippen molar-refractivity contribution in [3.63, 3.8) is 0 Å². The first-order chi connectivity index (χ1) is 10.5. The molecule has 1 fully saturated rings. The number of benzene rings is 1. The molecule has 0 bridgehead atoms. The normalized spacial score (nSPS) is 15.9. The van der Waals surface area contributed by atoms with Crippen LogP contribution in [0.25, 0.3) is 0 Å². The fraction of sp³-hybridized carbons (Fsp3) is 0.556. The highest BCUT2D eigenvalue weighted by molar-refractivity contribution is 6.03. The summed E-state index contributed by atoms with van der Waals surface area (Å²) >= 11 is 0. The minimum atomic E-state index is -0.255. The molecule has 0 atom stereocenters. The van der Waals surface area contributed by atoms with Gasteiger partial charge in [-0.2, -0.15) is 0 Å². The zero-order valence-corrected chi connectivity index (χ0v) is 13.6. The van der Waals surface area contributed by atoms with E-state index in [1.807, 2.05) is 32.0 Å². The molecule has 1 aliphatic carbocycles. The van der Waals surface area contributed by atoms with Crippen molar-refractivity contribution in [2.45, 2.75) is 64.8 Å². The summed E-state index contributed by atoms with van der Waals surface area (Å²) in [4.78, 5) is 23.9. The molecule has 0 aliphatic heterocycles. The Bertz CT molecular complexity index is 532. The quantitative estimate of drug-likeness (QED) is 0.661. The van der Waals surface area contributed by atoms with Crippen LogP contribution in [0.15, 0.2) is 18.2 Å². The highest BCUT2D eigenvalue weighted by Crippen LogP contribution is 2.17. The lowest BCUT2D eigenvalue weighted by atomic mass is 10.1. The molecule has 0 unspecified atom stereocenters. The molecule has 0 radical (unpaired) electrons. The van der Waals surface area contributed by atoms with Crippen LogP contribution in [0.2, 0.25) is 0 Å². The number of hydrogen-bond donors (Lipinski definition) is 2. The van der Waals surface area contributed by atoms with E-state index in [9.17, 15) is 9.59 Å². The van der Waals surface area contributed by atoms with Crippen LogP contribution in [0.4, 0.5) is 5.69 Å². The van der Waals surface area contributed by atoms with E-state index in [-0.39, 0.29) is 24.3 Å². The van der Waals surface area contributed by atoms with Crippen LogP contribution in [0, 0.1) is 13.8 Å². The Labute approximate surface area is 132 Å². The van der Waals surface area contributed by atoms with E-state index in [4.69, 9.17) is 0 Å². The molecular formula is C18H26N2O2. The molecule has 0 spiro atoms. The van der Waals surface area contributed by atoms with Gasteiger partial charge in [0, 0.05) is 11.7 Å². The number of aryl methyl sites for hydroxylation is 2. The smallest absolute Gasteiger partial charge is 0.233 e. The van der Waals surface area contributed by atoms with E-state index < -0.39 is 0 Å². The second-order valence-electron chi connectivity index (χ2n) is 6.28. The molecule has 1 saturated carbocycles. The van der Waals surface area contributed by atoms with Crippen LogP contribution in [0.5, 0.6) is 0 Å². The summed E-state index contributed by atoms with van der Waals surface area (Å²) in [7, 11) is 0. The molecule has 0 aromatic heterocycles. The molecule has 0 saturated heterocycles. The topological polar surface area (TPSA) is 58.2 Å². The highest BCUT2D eigenvalue weighted by Gasteiger charge is 2.16. The van der Waals surface area contributed by atoms with Gasteiger partial charge >= 0.3 is 0 Å². The fourth-order valence-electron chi connectivity index (χ4n) is 2.87. The molecule has 1 aliphatic rings. The maximum atomic E-state index is 12.0. The van der Waals surface area contributed by atoms with Crippen LogP contribution < -0.4 is 10.6 Å². The highest BCUT2D eigenvalue weighted by atomic mass is 16.2. The molecule has 1 aromatic carbocycles. The minimum Gasteiger partial charge on any atom is -0.353 e. The van der Waals surface area contributed by atoms with E-state index >= 15 is 0 Å². The second kappa shape index (κ2) is 7.97. The lowest BCUT2D eigenvalue weighted by Crippen LogP contribution is -2.36. The Kier molecular flexibility index (Phi) is 5.99. The number of amides is 2. The molecule has 0 heterocycles. The SMILES string of the molecule is Cc1ccc(NC(=O)CC(=O)NC2CCCCCC2)cc1C. The molecule has 120 valence electrons. The molecule has 22 heavy (non-hydrogen) atoms. The largest absolute Gasteiger partial charge is 0.353 e. The molecule has 4 heteroatoms. The van der Waals surface area contributed by atoms with E-state index in [0.29, 0.717) is 0 Å². The van der Waals surface area contributed by atoms with Crippen molar-refractivity contribution in [2.24, 2.45) is 0 Å². The van der Waals surface area contributed by atoms with Crippen molar-refractivity contribution in [2.75, 3.05) is 5.32 Å². The van der Waals surface area contributed by atoms with Crippen LogP contribution in [0.1, 0.15) is 56.1 Å². The Morgan fingerprint density at radius 1 is 1.00 bits per heavy atom. The van der Waals surface area contributed by atoms with Crippen molar-refractivity contribution < 1.29 is 9.59 Å². The summed E-state index contributed by atoms with van der Waals surface area (Å²) in [6.07, 6.45) is 6.79. The number of anilines is 1. The van der Waals surface area contributed by atoms with Crippen LogP contribution >= 0.6 is 0 Å². The predicted octanol–water partition coefficient (Wildman–Crippen LogP) is 3.47. The van der Waals surface area contributed by atoms with Gasteiger partial charge in [0.1, 0.15) is 6.42 Å². The molecule has 1 aromatic rings. The standard InChI is InChI=1S/C18H26N2O2/c1-13-9-10-16(11-14(13)2)20-18(22)12-17(21)19-15-7-5-3-4-6-8-15/h9-11,15H,3-8,12H2,1-2H3,(H,19,21)(H,20,22). The molecule has 2 amide bonds. The Morgan fingerprint density at radius 2 is 1.68 bits per heavy atom. The Morgan fingerprint density at radius 3 is 2.32 bits per heavy atom. The van der Waals surface area contributed by atoms with Crippen molar-refractivity contribution in [3.05, 3.63) is 29.3 Å². The van der Waals surface area contributed by atoms with E-state index in [1.165, 1.54) is 31.2 Å². The number of hydrogen-bond acceptors (Lipinski definition) is 2. The van der Waals surface area contributed by atoms with Gasteiger partial charge in [-0.1, -0.05) is 31.7 Å². The first kappa shape index (κ1) is 16.5. The third kappa shape index (κ3) is 5.17. The van der Waals surface area contributed by atoms with E-state index in [2.05, 4.69) is 10.6 Å². The van der Waals surface area contributed by atoms with Gasteiger partial charge in [0.05, 0.1) is 0 Å². The van der Waals surface area contributed by atoms with Crippen molar-refractivity contribution in [1.29, 1.82) is 0 Å². The van der Waals surface area contributed by atoms with Gasteiger partial charge in [0.25, 0.3) is 0 Å². The lowest BCUT2D eigenvalue weighted by molar-refractivity contribution is -0.127. The zero-order chi connectivity index (χ0) is 15.9. The van der Waals surface area contributed by atoms with Crippen molar-refractivity contribution in [3.8, 4) is 0 Å². The molecular weight excluding hydrogens is 276 g/mol. The van der Waals surface area contributed by atoms with Gasteiger partial charge in [-0.15, -0.1) is 0 Å². The summed E-state index contributed by atoms with van der Waals surface area (Å²) in [5.41, 5.74) is 3.06. The summed E-state index contributed by atoms with van der Waals surface area (Å²) in [5.74, 6) is -0.428. The maximum Gasteiger partial charge on any atom is 0.233 e. The molecule has 2 N–H and O–H groups in total. The lowest BCUT2D eigenvalue weighted by Gasteiger charge is -2.16. The average molecular weight is 302 g/mol. The third-order valence-electron chi connectivity index (χ3n) is 4.33. The van der Waals surface area contributed by atoms with E-state index in [1.54, 1.807) is 0 Å². The van der Waals surface area contributed by atoms with Gasteiger partial charge in [-0.25, -0.2) is 0 Å². The summed E-state index contributed by atoms with van der Waals surface area (Å²) < 4.78 is 0. The number of carbonyl (C=O) groups is 2. The molecule has 2 rings (SSSR count). The van der Waals surface area contributed by atoms with Gasteiger partial charge in [-0.05, 0) is 49.9 Å². The number of rotatable bonds is 4. The van der Waals surface area contributed by atoms with E-state index in [0.717, 1.165) is 24.1 Å². The first-order valence-corrected chi connectivity index (χ1v) is 8.21. The minimum absolute atomic E-state index is 0.108. The Hall–Kier alpha value is -1.84. The first-order valence-electron chi connectivity index (χ1n) is 8.21. The monoisotopic (exact) mass is 302 g/mol. The van der Waals surface area contributed by atoms with Crippen LogP contribution in [-0.2, 0) is 9.59 Å². The average Bonchev–Trinajstić information content (AvgIpc) is 2.71. The van der Waals surface area contributed by atoms with Gasteiger partial charge in [0.2, 0.25) is 11.8 Å². The summed E-state index contributed by atoms with van der Waals surface area (Å²) in [5, 5.41) is 5.79. The number of carbonyl (C=O) groups excluding carboxylic acids is 2. The van der Waals surface area contributed by atoms with Gasteiger partial charge in [-0.3, -0.25) is 9.59 Å². The third-order valence-corrected chi connectivity index (χ3v) is 4.33. The summed E-state index contributed by atoms with van der Waals surface area (Å²) in [6, 6.07) is 6.00. The fourth-order valence-corrected chi connectivity index (χ4v) is 2.87. The van der Waals surface area contributed by atoms with Gasteiger partial charge in [0.15, 0.2) is 0 Å². The Balaban J connectivity index is 1.80. The second-order valence-corrected chi connectivity index (χ2v) is 6.28. The maximum absolute atomic E-state index is 12.0. The molecule has 4 nitrogen and oxygen atoms in total. The summed E-state index contributed by atoms with van der Waals surface area (Å²) in [6.45, 7) is 4.03. The van der Waals surface area contributed by atoms with Crippen LogP contribution in [-0.4, -0.2) is 17.9 Å². The van der Waals surface area contributed by atoms with Crippen molar-refractivity contribution >= 4 is 17.5 Å². The number of nitrogens with one attached hydrogen (secondary N) is 2. The van der Waals surface area contributed by atoms with Gasteiger partial charge < -0.3 is 10.6 Å². The zero-order valence-electron chi connectivity index (χ0n) is 13.6. The van der Waals surface area contributed by atoms with Crippen molar-refractivity contribution in [1.82, 2.24) is 5.32 Å².